The SMILES string of the molecule is COc1ccc2ncnc(Nc3ccc(Oc4cc5ncnn5cn4)c(C)c3)c2c1N1CC2(C[C@H](F)CN2C)C1. The van der Waals surface area contributed by atoms with Crippen molar-refractivity contribution < 1.29 is 13.9 Å². The number of halogens is 1. The lowest BCUT2D eigenvalue weighted by Gasteiger charge is -2.53. The first-order valence-electron chi connectivity index (χ1n) is 13.1. The first-order chi connectivity index (χ1) is 19.4. The topological polar surface area (TPSA) is 106 Å². The molecule has 0 radical (unpaired) electrons. The minimum absolute atomic E-state index is 0.156. The van der Waals surface area contributed by atoms with Crippen LogP contribution >= 0.6 is 0 Å². The van der Waals surface area contributed by atoms with Gasteiger partial charge < -0.3 is 19.7 Å². The zero-order valence-electron chi connectivity index (χ0n) is 22.4. The van der Waals surface area contributed by atoms with Crippen molar-refractivity contribution in [3.05, 3.63) is 60.9 Å². The Morgan fingerprint density at radius 2 is 1.88 bits per heavy atom. The van der Waals surface area contributed by atoms with Crippen LogP contribution in [-0.4, -0.2) is 80.0 Å². The van der Waals surface area contributed by atoms with E-state index < -0.39 is 6.17 Å². The van der Waals surface area contributed by atoms with Gasteiger partial charge in [-0.3, -0.25) is 4.90 Å². The number of fused-ring (bicyclic) bond motifs is 2. The van der Waals surface area contributed by atoms with E-state index in [0.29, 0.717) is 49.1 Å². The second-order valence-corrected chi connectivity index (χ2v) is 10.5. The Hall–Kier alpha value is -4.58. The molecule has 3 aromatic heterocycles. The molecule has 0 saturated carbocycles. The molecule has 204 valence electrons. The molecule has 11 nitrogen and oxygen atoms in total. The summed E-state index contributed by atoms with van der Waals surface area (Å²) in [6.07, 6.45) is 4.34. The number of hydrogen-bond acceptors (Lipinski definition) is 10. The van der Waals surface area contributed by atoms with Crippen LogP contribution in [0.2, 0.25) is 0 Å². The van der Waals surface area contributed by atoms with Gasteiger partial charge >= 0.3 is 0 Å². The molecular formula is C28H28FN9O2. The van der Waals surface area contributed by atoms with Crippen molar-refractivity contribution in [1.82, 2.24) is 34.4 Å². The molecule has 40 heavy (non-hydrogen) atoms. The van der Waals surface area contributed by atoms with Gasteiger partial charge in [0.1, 0.15) is 42.5 Å². The molecule has 7 rings (SSSR count). The summed E-state index contributed by atoms with van der Waals surface area (Å²) in [5, 5.41) is 8.39. The lowest BCUT2D eigenvalue weighted by molar-refractivity contribution is 0.133. The number of aryl methyl sites for hydroxylation is 1. The minimum Gasteiger partial charge on any atom is -0.495 e. The first kappa shape index (κ1) is 24.5. The standard InChI is InChI=1S/C28H28FN9O2/c1-17-8-19(4-6-21(17)40-24-9-23-31-15-34-38(23)16-33-24)35-27-25-20(30-14-32-27)5-7-22(39-3)26(25)37-12-28(13-37)10-18(29)11-36(28)2/h4-9,14-16,18H,10-13H2,1-3H3,(H,30,32,35)/t18-/m0/s1. The van der Waals surface area contributed by atoms with Gasteiger partial charge in [-0.1, -0.05) is 0 Å². The Balaban J connectivity index is 1.19. The van der Waals surface area contributed by atoms with Crippen LogP contribution in [0.1, 0.15) is 12.0 Å². The van der Waals surface area contributed by atoms with E-state index in [4.69, 9.17) is 9.47 Å². The van der Waals surface area contributed by atoms with Gasteiger partial charge in [-0.25, -0.2) is 28.8 Å². The second kappa shape index (κ2) is 9.26. The van der Waals surface area contributed by atoms with E-state index in [1.54, 1.807) is 30.3 Å². The van der Waals surface area contributed by atoms with E-state index >= 15 is 0 Å². The van der Waals surface area contributed by atoms with Crippen LogP contribution in [0.3, 0.4) is 0 Å². The second-order valence-electron chi connectivity index (χ2n) is 10.5. The maximum Gasteiger partial charge on any atom is 0.224 e. The molecule has 0 aliphatic carbocycles. The summed E-state index contributed by atoms with van der Waals surface area (Å²) in [5.41, 5.74) is 3.96. The maximum absolute atomic E-state index is 14.2. The average molecular weight is 542 g/mol. The number of nitrogens with one attached hydrogen (secondary N) is 1. The molecule has 1 atom stereocenters. The molecule has 12 heteroatoms. The summed E-state index contributed by atoms with van der Waals surface area (Å²) in [4.78, 5) is 22.0. The molecule has 1 spiro atoms. The van der Waals surface area contributed by atoms with Crippen LogP contribution in [0.25, 0.3) is 16.6 Å². The molecule has 2 aromatic carbocycles. The molecule has 2 aliphatic heterocycles. The summed E-state index contributed by atoms with van der Waals surface area (Å²) in [6, 6.07) is 11.4. The number of methoxy groups -OCH3 is 1. The van der Waals surface area contributed by atoms with E-state index in [2.05, 4.69) is 40.2 Å². The minimum atomic E-state index is -0.793. The van der Waals surface area contributed by atoms with Crippen LogP contribution in [-0.2, 0) is 0 Å². The highest BCUT2D eigenvalue weighted by molar-refractivity contribution is 6.03. The van der Waals surface area contributed by atoms with Crippen molar-refractivity contribution in [2.45, 2.75) is 25.1 Å². The van der Waals surface area contributed by atoms with Crippen molar-refractivity contribution in [2.24, 2.45) is 0 Å². The van der Waals surface area contributed by atoms with Crippen LogP contribution in [0, 0.1) is 6.92 Å². The third-order valence-corrected chi connectivity index (χ3v) is 7.93. The highest BCUT2D eigenvalue weighted by Crippen LogP contribution is 2.47. The number of rotatable bonds is 6. The highest BCUT2D eigenvalue weighted by atomic mass is 19.1. The molecule has 0 bridgehead atoms. The summed E-state index contributed by atoms with van der Waals surface area (Å²) in [5.74, 6) is 2.50. The molecule has 2 aliphatic rings. The smallest absolute Gasteiger partial charge is 0.224 e. The fourth-order valence-corrected chi connectivity index (χ4v) is 5.86. The Morgan fingerprint density at radius 3 is 2.65 bits per heavy atom. The van der Waals surface area contributed by atoms with Gasteiger partial charge in [-0.15, -0.1) is 0 Å². The van der Waals surface area contributed by atoms with Gasteiger partial charge in [0.2, 0.25) is 5.88 Å². The Bertz CT molecular complexity index is 1740. The van der Waals surface area contributed by atoms with Gasteiger partial charge in [-0.2, -0.15) is 5.10 Å². The highest BCUT2D eigenvalue weighted by Gasteiger charge is 2.53. The zero-order chi connectivity index (χ0) is 27.4. The van der Waals surface area contributed by atoms with Crippen LogP contribution in [0.5, 0.6) is 17.4 Å². The lowest BCUT2D eigenvalue weighted by Crippen LogP contribution is -2.67. The summed E-state index contributed by atoms with van der Waals surface area (Å²) in [7, 11) is 3.67. The quantitative estimate of drug-likeness (QED) is 0.337. The summed E-state index contributed by atoms with van der Waals surface area (Å²) in [6.45, 7) is 3.88. The fraction of sp³-hybridized carbons (Fsp3) is 0.321. The van der Waals surface area contributed by atoms with Crippen molar-refractivity contribution in [1.29, 1.82) is 0 Å². The van der Waals surface area contributed by atoms with Crippen molar-refractivity contribution in [2.75, 3.05) is 44.0 Å². The van der Waals surface area contributed by atoms with Crippen molar-refractivity contribution in [3.8, 4) is 17.4 Å². The van der Waals surface area contributed by atoms with Crippen LogP contribution in [0.15, 0.2) is 55.4 Å². The number of aromatic nitrogens is 6. The molecule has 2 saturated heterocycles. The summed E-state index contributed by atoms with van der Waals surface area (Å²) >= 11 is 0. The number of alkyl halides is 1. The molecule has 1 N–H and O–H groups in total. The molecule has 5 aromatic rings. The number of likely N-dealkylation sites (tertiary alicyclic amines) is 1. The van der Waals surface area contributed by atoms with Crippen molar-refractivity contribution in [3.63, 3.8) is 0 Å². The third kappa shape index (κ3) is 4.02. The Kier molecular flexibility index (Phi) is 5.66. The van der Waals surface area contributed by atoms with E-state index in [1.165, 1.54) is 6.33 Å². The van der Waals surface area contributed by atoms with Gasteiger partial charge in [0.15, 0.2) is 5.65 Å². The van der Waals surface area contributed by atoms with E-state index in [-0.39, 0.29) is 5.54 Å². The molecule has 2 fully saturated rings. The van der Waals surface area contributed by atoms with E-state index in [1.807, 2.05) is 44.3 Å². The number of anilines is 3. The normalized spacial score (nSPS) is 18.4. The van der Waals surface area contributed by atoms with Crippen LogP contribution < -0.4 is 19.7 Å². The van der Waals surface area contributed by atoms with Crippen molar-refractivity contribution >= 4 is 33.7 Å². The number of hydrogen-bond donors (Lipinski definition) is 1. The molecular weight excluding hydrogens is 513 g/mol. The predicted octanol–water partition coefficient (Wildman–Crippen LogP) is 4.15. The van der Waals surface area contributed by atoms with Gasteiger partial charge in [-0.05, 0) is 49.9 Å². The van der Waals surface area contributed by atoms with E-state index in [9.17, 15) is 4.39 Å². The number of nitrogens with zero attached hydrogens (tertiary/aromatic N) is 8. The Labute approximate surface area is 229 Å². The first-order valence-corrected chi connectivity index (χ1v) is 13.1. The summed E-state index contributed by atoms with van der Waals surface area (Å²) < 4.78 is 27.6. The van der Waals surface area contributed by atoms with Gasteiger partial charge in [0, 0.05) is 37.8 Å². The maximum atomic E-state index is 14.2. The zero-order valence-corrected chi connectivity index (χ0v) is 22.4. The van der Waals surface area contributed by atoms with Crippen LogP contribution in [0.4, 0.5) is 21.6 Å². The number of benzene rings is 2. The molecule has 0 amide bonds. The number of ether oxygens (including phenoxy) is 2. The monoisotopic (exact) mass is 541 g/mol. The lowest BCUT2D eigenvalue weighted by atomic mass is 9.86. The Morgan fingerprint density at radius 1 is 1.02 bits per heavy atom. The largest absolute Gasteiger partial charge is 0.495 e. The molecule has 0 unspecified atom stereocenters. The third-order valence-electron chi connectivity index (χ3n) is 7.93. The van der Waals surface area contributed by atoms with Gasteiger partial charge in [0.05, 0.1) is 29.2 Å². The predicted molar refractivity (Wildman–Crippen MR) is 148 cm³/mol. The molecule has 5 heterocycles. The number of likely N-dealkylation sites (N-methyl/N-ethyl adjacent to an activating group) is 1. The van der Waals surface area contributed by atoms with E-state index in [0.717, 1.165) is 33.6 Å². The fourth-order valence-electron chi connectivity index (χ4n) is 5.86. The average Bonchev–Trinajstić information content (AvgIpc) is 3.51. The van der Waals surface area contributed by atoms with Gasteiger partial charge in [0.25, 0.3) is 0 Å².